The van der Waals surface area contributed by atoms with Gasteiger partial charge in [0.05, 0.1) is 17.8 Å². The summed E-state index contributed by atoms with van der Waals surface area (Å²) >= 11 is 5.83. The van der Waals surface area contributed by atoms with Gasteiger partial charge in [0, 0.05) is 47.7 Å². The van der Waals surface area contributed by atoms with E-state index >= 15 is 0 Å². The minimum atomic E-state index is -0.272. The Morgan fingerprint density at radius 1 is 0.946 bits per heavy atom. The van der Waals surface area contributed by atoms with Crippen LogP contribution in [0.1, 0.15) is 48.6 Å². The van der Waals surface area contributed by atoms with Crippen LogP contribution in [0.3, 0.4) is 0 Å². The van der Waals surface area contributed by atoms with E-state index in [0.717, 1.165) is 47.1 Å². The lowest BCUT2D eigenvalue weighted by atomic mass is 9.96. The Kier molecular flexibility index (Phi) is 6.98. The van der Waals surface area contributed by atoms with E-state index in [1.807, 2.05) is 18.2 Å². The van der Waals surface area contributed by atoms with Crippen molar-refractivity contribution >= 4 is 28.7 Å². The summed E-state index contributed by atoms with van der Waals surface area (Å²) in [5, 5.41) is 4.09. The maximum absolute atomic E-state index is 13.8. The average Bonchev–Trinajstić information content (AvgIpc) is 3.41. The van der Waals surface area contributed by atoms with Crippen LogP contribution in [0, 0.1) is 19.7 Å². The number of halogens is 1. The van der Waals surface area contributed by atoms with Gasteiger partial charge in [0.25, 0.3) is 0 Å². The first kappa shape index (κ1) is 25.0. The lowest BCUT2D eigenvalue weighted by Gasteiger charge is -2.28. The maximum Gasteiger partial charge on any atom is 0.174 e. The third-order valence-corrected chi connectivity index (χ3v) is 7.54. The molecule has 1 saturated heterocycles. The molecule has 5 rings (SSSR count). The lowest BCUT2D eigenvalue weighted by molar-refractivity contribution is 0.565. The molecule has 190 valence electrons. The smallest absolute Gasteiger partial charge is 0.174 e. The Morgan fingerprint density at radius 3 is 2.24 bits per heavy atom. The van der Waals surface area contributed by atoms with Crippen molar-refractivity contribution in [1.29, 1.82) is 0 Å². The molecule has 1 aliphatic heterocycles. The number of aromatic nitrogens is 2. The van der Waals surface area contributed by atoms with E-state index in [1.54, 1.807) is 18.3 Å². The van der Waals surface area contributed by atoms with Gasteiger partial charge in [-0.05, 0) is 112 Å². The van der Waals surface area contributed by atoms with Gasteiger partial charge in [-0.15, -0.1) is 0 Å². The third kappa shape index (κ3) is 4.60. The molecule has 7 heteroatoms. The fourth-order valence-corrected chi connectivity index (χ4v) is 5.78. The number of hydrogen-bond donors (Lipinski definition) is 1. The zero-order valence-electron chi connectivity index (χ0n) is 21.6. The molecule has 1 N–H and O–H groups in total. The van der Waals surface area contributed by atoms with E-state index < -0.39 is 0 Å². The molecule has 2 aromatic heterocycles. The molecule has 37 heavy (non-hydrogen) atoms. The van der Waals surface area contributed by atoms with Crippen LogP contribution in [-0.4, -0.2) is 27.8 Å². The molecular formula is C30H32FN5S. The largest absolute Gasteiger partial charge is 0.372 e. The number of nitrogens with zero attached hydrogens (tertiary/aromatic N) is 4. The van der Waals surface area contributed by atoms with E-state index in [4.69, 9.17) is 12.2 Å². The summed E-state index contributed by atoms with van der Waals surface area (Å²) in [6, 6.07) is 23.1. The van der Waals surface area contributed by atoms with Gasteiger partial charge in [0.1, 0.15) is 5.82 Å². The number of hydrogen-bond acceptors (Lipinski definition) is 3. The maximum atomic E-state index is 13.8. The third-order valence-electron chi connectivity index (χ3n) is 7.23. The number of anilines is 2. The van der Waals surface area contributed by atoms with E-state index in [0.29, 0.717) is 5.11 Å². The monoisotopic (exact) mass is 513 g/mol. The molecule has 0 radical (unpaired) electrons. The Hall–Kier alpha value is -3.71. The second-order valence-electron chi connectivity index (χ2n) is 9.32. The zero-order valence-corrected chi connectivity index (χ0v) is 22.5. The number of nitrogens with one attached hydrogen (secondary N) is 1. The predicted octanol–water partition coefficient (Wildman–Crippen LogP) is 6.65. The molecule has 0 aliphatic carbocycles. The second kappa shape index (κ2) is 10.3. The number of aryl methyl sites for hydroxylation is 1. The molecule has 5 nitrogen and oxygen atoms in total. The number of thiocarbonyl (C=S) groups is 1. The van der Waals surface area contributed by atoms with Crippen LogP contribution in [0.5, 0.6) is 0 Å². The summed E-state index contributed by atoms with van der Waals surface area (Å²) in [5.74, 6) is -0.272. The molecule has 1 aliphatic rings. The summed E-state index contributed by atoms with van der Waals surface area (Å²) in [7, 11) is 0. The molecule has 1 fully saturated rings. The van der Waals surface area contributed by atoms with Gasteiger partial charge in [0.2, 0.25) is 0 Å². The van der Waals surface area contributed by atoms with Gasteiger partial charge in [-0.3, -0.25) is 4.98 Å². The van der Waals surface area contributed by atoms with Crippen molar-refractivity contribution in [2.45, 2.75) is 39.8 Å². The Bertz CT molecular complexity index is 1380. The van der Waals surface area contributed by atoms with Crippen molar-refractivity contribution in [1.82, 2.24) is 14.9 Å². The zero-order chi connectivity index (χ0) is 26.1. The molecule has 0 unspecified atom stereocenters. The van der Waals surface area contributed by atoms with Gasteiger partial charge in [-0.1, -0.05) is 6.07 Å². The number of rotatable bonds is 7. The first-order valence-corrected chi connectivity index (χ1v) is 13.1. The van der Waals surface area contributed by atoms with Gasteiger partial charge in [0.15, 0.2) is 5.11 Å². The molecule has 2 aromatic carbocycles. The molecule has 0 bridgehead atoms. The molecule has 0 amide bonds. The van der Waals surface area contributed by atoms with Gasteiger partial charge in [-0.2, -0.15) is 0 Å². The molecule has 0 saturated carbocycles. The second-order valence-corrected chi connectivity index (χ2v) is 9.71. The van der Waals surface area contributed by atoms with Gasteiger partial charge < -0.3 is 19.7 Å². The van der Waals surface area contributed by atoms with Crippen LogP contribution < -0.4 is 15.1 Å². The Morgan fingerprint density at radius 2 is 1.62 bits per heavy atom. The minimum absolute atomic E-state index is 0.150. The van der Waals surface area contributed by atoms with Crippen molar-refractivity contribution in [3.63, 3.8) is 0 Å². The van der Waals surface area contributed by atoms with E-state index in [9.17, 15) is 4.39 Å². The summed E-state index contributed by atoms with van der Waals surface area (Å²) in [5.41, 5.74) is 7.52. The average molecular weight is 514 g/mol. The van der Waals surface area contributed by atoms with Crippen LogP contribution in [0.25, 0.3) is 5.69 Å². The first-order chi connectivity index (χ1) is 17.9. The topological polar surface area (TPSA) is 36.3 Å². The molecule has 4 aromatic rings. The van der Waals surface area contributed by atoms with Gasteiger partial charge in [-0.25, -0.2) is 4.39 Å². The quantitative estimate of drug-likeness (QED) is 0.280. The van der Waals surface area contributed by atoms with E-state index in [-0.39, 0.29) is 17.9 Å². The fourth-order valence-electron chi connectivity index (χ4n) is 5.44. The number of benzene rings is 2. The van der Waals surface area contributed by atoms with Crippen LogP contribution in [0.15, 0.2) is 79.0 Å². The predicted molar refractivity (Wildman–Crippen MR) is 153 cm³/mol. The standard InChI is InChI=1S/C30H32FN5S/c1-5-34(6-2)23-14-16-24(17-15-23)35-20(3)19-26(21(35)4)29-28(27-9-7-8-18-32-27)33-30(37)36(29)25-12-10-22(31)11-13-25/h7-19,28-29H,5-6H2,1-4H3,(H,33,37)/t28-,29+/m0/s1. The normalized spacial score (nSPS) is 17.2. The first-order valence-electron chi connectivity index (χ1n) is 12.7. The van der Waals surface area contributed by atoms with Gasteiger partial charge >= 0.3 is 0 Å². The summed E-state index contributed by atoms with van der Waals surface area (Å²) in [4.78, 5) is 9.08. The van der Waals surface area contributed by atoms with Crippen LogP contribution >= 0.6 is 12.2 Å². The van der Waals surface area contributed by atoms with E-state index in [1.165, 1.54) is 17.8 Å². The highest BCUT2D eigenvalue weighted by Gasteiger charge is 2.42. The highest BCUT2D eigenvalue weighted by atomic mass is 32.1. The summed E-state index contributed by atoms with van der Waals surface area (Å²) in [6.45, 7) is 10.6. The Balaban J connectivity index is 1.61. The van der Waals surface area contributed by atoms with E-state index in [2.05, 4.69) is 82.7 Å². The van der Waals surface area contributed by atoms with Crippen molar-refractivity contribution in [3.8, 4) is 5.69 Å². The van der Waals surface area contributed by atoms with Crippen LogP contribution in [0.2, 0.25) is 0 Å². The van der Waals surface area contributed by atoms with Crippen molar-refractivity contribution in [3.05, 3.63) is 107 Å². The summed E-state index contributed by atoms with van der Waals surface area (Å²) in [6.07, 6.45) is 1.80. The van der Waals surface area contributed by atoms with Crippen molar-refractivity contribution < 1.29 is 4.39 Å². The SMILES string of the molecule is CCN(CC)c1ccc(-n2c(C)cc([C@@H]3[C@H](c4ccccn4)NC(=S)N3c3ccc(F)cc3)c2C)cc1. The molecule has 3 heterocycles. The van der Waals surface area contributed by atoms with Crippen LogP contribution in [-0.2, 0) is 0 Å². The molecule has 0 spiro atoms. The lowest BCUT2D eigenvalue weighted by Crippen LogP contribution is -2.29. The number of pyridine rings is 1. The molecule has 2 atom stereocenters. The molecular weight excluding hydrogens is 481 g/mol. The van der Waals surface area contributed by atoms with Crippen molar-refractivity contribution in [2.24, 2.45) is 0 Å². The highest BCUT2D eigenvalue weighted by molar-refractivity contribution is 7.80. The van der Waals surface area contributed by atoms with Crippen molar-refractivity contribution in [2.75, 3.05) is 22.9 Å². The van der Waals surface area contributed by atoms with Crippen LogP contribution in [0.4, 0.5) is 15.8 Å². The Labute approximate surface area is 223 Å². The summed E-state index contributed by atoms with van der Waals surface area (Å²) < 4.78 is 16.1. The highest BCUT2D eigenvalue weighted by Crippen LogP contribution is 2.43. The minimum Gasteiger partial charge on any atom is -0.372 e. The fraction of sp³-hybridized carbons (Fsp3) is 0.267.